The molecule has 8 nitrogen and oxygen atoms in total. The average Bonchev–Trinajstić information content (AvgIpc) is 3.08. The van der Waals surface area contributed by atoms with Crippen molar-refractivity contribution in [1.82, 2.24) is 10.3 Å². The summed E-state index contributed by atoms with van der Waals surface area (Å²) in [6, 6.07) is 5.48. The molecule has 2 aromatic rings. The van der Waals surface area contributed by atoms with Gasteiger partial charge >= 0.3 is 0 Å². The van der Waals surface area contributed by atoms with Crippen molar-refractivity contribution >= 4 is 17.7 Å². The van der Waals surface area contributed by atoms with Gasteiger partial charge in [-0.1, -0.05) is 0 Å². The van der Waals surface area contributed by atoms with E-state index in [4.69, 9.17) is 23.4 Å². The van der Waals surface area contributed by atoms with Gasteiger partial charge in [0, 0.05) is 25.5 Å². The lowest BCUT2D eigenvalue weighted by Crippen LogP contribution is -2.35. The van der Waals surface area contributed by atoms with Crippen LogP contribution in [-0.2, 0) is 20.0 Å². The van der Waals surface area contributed by atoms with E-state index in [1.165, 1.54) is 26.0 Å². The summed E-state index contributed by atoms with van der Waals surface area (Å²) in [4.78, 5) is 16.5. The van der Waals surface area contributed by atoms with Gasteiger partial charge in [0.15, 0.2) is 17.8 Å². The molecule has 1 N–H and O–H groups in total. The Bertz CT molecular complexity index is 776. The summed E-state index contributed by atoms with van der Waals surface area (Å²) in [7, 11) is 6.22. The fraction of sp³-hybridized carbons (Fsp3) is 0.474. The largest absolute Gasteiger partial charge is 0.493 e. The third kappa shape index (κ3) is 5.88. The van der Waals surface area contributed by atoms with Crippen molar-refractivity contribution in [3.8, 4) is 23.0 Å². The normalized spacial score (nSPS) is 10.9. The van der Waals surface area contributed by atoms with Gasteiger partial charge in [-0.05, 0) is 25.1 Å². The molecule has 0 atom stereocenters. The number of benzene rings is 1. The Hall–Kier alpha value is -2.23. The lowest BCUT2D eigenvalue weighted by molar-refractivity contribution is -0.125. The van der Waals surface area contributed by atoms with Crippen LogP contribution in [0, 0.1) is 6.92 Å². The van der Waals surface area contributed by atoms with E-state index in [0.29, 0.717) is 35.4 Å². The predicted octanol–water partition coefficient (Wildman–Crippen LogP) is 2.64. The molecule has 0 unspecified atom stereocenters. The standard InChI is InChI=1S/C19H26N2O6S/c1-12-14(10-28-11-17(22)20-9-18(25-4)26-5)21-19(27-12)13-6-7-15(23-2)16(8-13)24-3/h6-8,18H,9-11H2,1-5H3,(H,20,22). The zero-order chi connectivity index (χ0) is 20.5. The van der Waals surface area contributed by atoms with E-state index in [1.54, 1.807) is 20.3 Å². The molecule has 1 aromatic heterocycles. The second-order valence-electron chi connectivity index (χ2n) is 5.79. The summed E-state index contributed by atoms with van der Waals surface area (Å²) < 4.78 is 26.4. The van der Waals surface area contributed by atoms with Crippen LogP contribution in [0.15, 0.2) is 22.6 Å². The van der Waals surface area contributed by atoms with Gasteiger partial charge in [-0.15, -0.1) is 11.8 Å². The quantitative estimate of drug-likeness (QED) is 0.565. The molecule has 154 valence electrons. The van der Waals surface area contributed by atoms with E-state index in [0.717, 1.165) is 17.0 Å². The van der Waals surface area contributed by atoms with E-state index in [2.05, 4.69) is 10.3 Å². The van der Waals surface area contributed by atoms with E-state index in [-0.39, 0.29) is 5.91 Å². The van der Waals surface area contributed by atoms with Crippen LogP contribution in [0.1, 0.15) is 11.5 Å². The van der Waals surface area contributed by atoms with E-state index < -0.39 is 6.29 Å². The zero-order valence-electron chi connectivity index (χ0n) is 16.7. The molecule has 0 aliphatic rings. The number of carbonyl (C=O) groups is 1. The van der Waals surface area contributed by atoms with Gasteiger partial charge in [0.25, 0.3) is 0 Å². The topological polar surface area (TPSA) is 92.1 Å². The van der Waals surface area contributed by atoms with Crippen LogP contribution >= 0.6 is 11.8 Å². The fourth-order valence-corrected chi connectivity index (χ4v) is 3.26. The number of thioether (sulfide) groups is 1. The van der Waals surface area contributed by atoms with Gasteiger partial charge < -0.3 is 28.7 Å². The van der Waals surface area contributed by atoms with Gasteiger partial charge in [0.05, 0.1) is 32.2 Å². The second kappa shape index (κ2) is 10.9. The minimum Gasteiger partial charge on any atom is -0.493 e. The zero-order valence-corrected chi connectivity index (χ0v) is 17.6. The fourth-order valence-electron chi connectivity index (χ4n) is 2.41. The Balaban J connectivity index is 1.93. The molecular weight excluding hydrogens is 384 g/mol. The maximum Gasteiger partial charge on any atom is 0.230 e. The molecule has 0 radical (unpaired) electrons. The number of amides is 1. The van der Waals surface area contributed by atoms with Crippen LogP contribution in [0.5, 0.6) is 11.5 Å². The van der Waals surface area contributed by atoms with Crippen molar-refractivity contribution in [2.75, 3.05) is 40.7 Å². The Labute approximate surface area is 168 Å². The van der Waals surface area contributed by atoms with Gasteiger partial charge in [-0.3, -0.25) is 4.79 Å². The first-order valence-corrected chi connectivity index (χ1v) is 9.76. The van der Waals surface area contributed by atoms with Gasteiger partial charge in [-0.2, -0.15) is 0 Å². The lowest BCUT2D eigenvalue weighted by Gasteiger charge is -2.13. The Morgan fingerprint density at radius 1 is 1.18 bits per heavy atom. The number of methoxy groups -OCH3 is 4. The third-order valence-corrected chi connectivity index (χ3v) is 4.93. The molecule has 28 heavy (non-hydrogen) atoms. The summed E-state index contributed by atoms with van der Waals surface area (Å²) >= 11 is 1.46. The number of nitrogens with one attached hydrogen (secondary N) is 1. The minimum absolute atomic E-state index is 0.0923. The summed E-state index contributed by atoms with van der Waals surface area (Å²) in [5.41, 5.74) is 1.59. The van der Waals surface area contributed by atoms with Crippen LogP contribution in [-0.4, -0.2) is 57.9 Å². The number of rotatable bonds is 11. The number of carbonyl (C=O) groups excluding carboxylic acids is 1. The van der Waals surface area contributed by atoms with E-state index in [9.17, 15) is 4.79 Å². The van der Waals surface area contributed by atoms with Gasteiger partial charge in [0.2, 0.25) is 11.8 Å². The van der Waals surface area contributed by atoms with Crippen molar-refractivity contribution in [3.63, 3.8) is 0 Å². The monoisotopic (exact) mass is 410 g/mol. The number of aromatic nitrogens is 1. The first-order valence-electron chi connectivity index (χ1n) is 8.61. The smallest absolute Gasteiger partial charge is 0.230 e. The maximum absolute atomic E-state index is 11.9. The van der Waals surface area contributed by atoms with E-state index >= 15 is 0 Å². The first-order chi connectivity index (χ1) is 13.5. The molecule has 0 fully saturated rings. The molecule has 1 heterocycles. The van der Waals surface area contributed by atoms with Crippen LogP contribution in [0.4, 0.5) is 0 Å². The highest BCUT2D eigenvalue weighted by molar-refractivity contribution is 7.99. The summed E-state index contributed by atoms with van der Waals surface area (Å²) in [5.74, 6) is 3.24. The molecule has 0 aliphatic carbocycles. The summed E-state index contributed by atoms with van der Waals surface area (Å²) in [6.07, 6.45) is -0.448. The average molecular weight is 410 g/mol. The highest BCUT2D eigenvalue weighted by atomic mass is 32.2. The van der Waals surface area contributed by atoms with Crippen LogP contribution in [0.25, 0.3) is 11.5 Å². The predicted molar refractivity (Wildman–Crippen MR) is 107 cm³/mol. The second-order valence-corrected chi connectivity index (χ2v) is 6.78. The number of nitrogens with zero attached hydrogens (tertiary/aromatic N) is 1. The summed E-state index contributed by atoms with van der Waals surface area (Å²) in [5, 5.41) is 2.76. The van der Waals surface area contributed by atoms with Crippen molar-refractivity contribution in [3.05, 3.63) is 29.7 Å². The number of ether oxygens (including phenoxy) is 4. The van der Waals surface area contributed by atoms with Crippen LogP contribution < -0.4 is 14.8 Å². The van der Waals surface area contributed by atoms with Gasteiger partial charge in [-0.25, -0.2) is 4.98 Å². The van der Waals surface area contributed by atoms with Crippen molar-refractivity contribution in [2.24, 2.45) is 0 Å². The molecule has 1 amide bonds. The Morgan fingerprint density at radius 2 is 1.89 bits per heavy atom. The molecule has 0 spiro atoms. The molecule has 0 saturated carbocycles. The number of hydrogen-bond acceptors (Lipinski definition) is 8. The molecular formula is C19H26N2O6S. The van der Waals surface area contributed by atoms with Crippen molar-refractivity contribution in [2.45, 2.75) is 19.0 Å². The Kier molecular flexibility index (Phi) is 8.62. The molecule has 9 heteroatoms. The Morgan fingerprint density at radius 3 is 2.54 bits per heavy atom. The minimum atomic E-state index is -0.448. The van der Waals surface area contributed by atoms with Gasteiger partial charge in [0.1, 0.15) is 5.76 Å². The van der Waals surface area contributed by atoms with Crippen LogP contribution in [0.3, 0.4) is 0 Å². The number of oxazole rings is 1. The van der Waals surface area contributed by atoms with Crippen molar-refractivity contribution < 1.29 is 28.2 Å². The molecule has 0 saturated heterocycles. The SMILES string of the molecule is COc1ccc(-c2nc(CSCC(=O)NCC(OC)OC)c(C)o2)cc1OC. The first kappa shape index (κ1) is 22.1. The van der Waals surface area contributed by atoms with E-state index in [1.807, 2.05) is 19.1 Å². The maximum atomic E-state index is 11.9. The molecule has 0 bridgehead atoms. The highest BCUT2D eigenvalue weighted by Gasteiger charge is 2.15. The number of hydrogen-bond donors (Lipinski definition) is 1. The molecule has 0 aliphatic heterocycles. The highest BCUT2D eigenvalue weighted by Crippen LogP contribution is 2.33. The third-order valence-electron chi connectivity index (χ3n) is 3.99. The van der Waals surface area contributed by atoms with Crippen molar-refractivity contribution in [1.29, 1.82) is 0 Å². The number of aryl methyl sites for hydroxylation is 1. The molecule has 2 rings (SSSR count). The lowest BCUT2D eigenvalue weighted by atomic mass is 10.2. The van der Waals surface area contributed by atoms with Crippen LogP contribution in [0.2, 0.25) is 0 Å². The molecule has 1 aromatic carbocycles. The summed E-state index contributed by atoms with van der Waals surface area (Å²) in [6.45, 7) is 2.16.